The Hall–Kier alpha value is -1.64. The minimum atomic E-state index is -0.0182. The quantitative estimate of drug-likeness (QED) is 0.493. The number of nitrogens with zero attached hydrogens (tertiary/aromatic N) is 2. The molecule has 0 unspecified atom stereocenters. The standard InChI is InChI=1S/C21H22BrN3O2S2/c1-25(11-13-5-7-14(22)8-6-13)18(26)9-10-28-12-17-23-20(27)19-15-3-2-4-16(15)29-21(19)24-17/h5-8H,2-4,9-12H2,1H3,(H,23,24,27). The number of rotatable bonds is 7. The van der Waals surface area contributed by atoms with E-state index < -0.39 is 0 Å². The predicted octanol–water partition coefficient (Wildman–Crippen LogP) is 4.52. The number of nitrogens with one attached hydrogen (secondary N) is 1. The average molecular weight is 492 g/mol. The van der Waals surface area contributed by atoms with Crippen LogP contribution in [0.2, 0.25) is 0 Å². The molecule has 3 aromatic rings. The van der Waals surface area contributed by atoms with Crippen molar-refractivity contribution >= 4 is 55.2 Å². The molecule has 0 radical (unpaired) electrons. The summed E-state index contributed by atoms with van der Waals surface area (Å²) in [6.07, 6.45) is 3.66. The first-order valence-electron chi connectivity index (χ1n) is 9.61. The zero-order valence-corrected chi connectivity index (χ0v) is 19.4. The number of aromatic nitrogens is 2. The molecule has 1 aromatic carbocycles. The van der Waals surface area contributed by atoms with E-state index in [9.17, 15) is 9.59 Å². The molecule has 1 amide bonds. The molecule has 5 nitrogen and oxygen atoms in total. The first kappa shape index (κ1) is 20.6. The van der Waals surface area contributed by atoms with Gasteiger partial charge in [0.05, 0.1) is 11.1 Å². The summed E-state index contributed by atoms with van der Waals surface area (Å²) < 4.78 is 1.03. The van der Waals surface area contributed by atoms with Crippen LogP contribution in [0.15, 0.2) is 33.5 Å². The van der Waals surface area contributed by atoms with Gasteiger partial charge >= 0.3 is 0 Å². The summed E-state index contributed by atoms with van der Waals surface area (Å²) in [5.74, 6) is 2.12. The molecule has 2 heterocycles. The Kier molecular flexibility index (Phi) is 6.41. The number of fused-ring (bicyclic) bond motifs is 3. The third-order valence-corrected chi connectivity index (χ3v) is 7.77. The van der Waals surface area contributed by atoms with Crippen LogP contribution in [0, 0.1) is 0 Å². The molecule has 152 valence electrons. The summed E-state index contributed by atoms with van der Waals surface area (Å²) in [6.45, 7) is 0.603. The number of amides is 1. The van der Waals surface area contributed by atoms with Crippen molar-refractivity contribution in [2.45, 2.75) is 38.0 Å². The highest BCUT2D eigenvalue weighted by atomic mass is 79.9. The minimum absolute atomic E-state index is 0.0182. The second kappa shape index (κ2) is 9.02. The fourth-order valence-corrected chi connectivity index (χ4v) is 5.92. The molecular weight excluding hydrogens is 470 g/mol. The summed E-state index contributed by atoms with van der Waals surface area (Å²) in [7, 11) is 1.83. The molecule has 29 heavy (non-hydrogen) atoms. The van der Waals surface area contributed by atoms with Crippen LogP contribution in [0.3, 0.4) is 0 Å². The van der Waals surface area contributed by atoms with Gasteiger partial charge in [-0.3, -0.25) is 9.59 Å². The summed E-state index contributed by atoms with van der Waals surface area (Å²) in [4.78, 5) is 36.4. The van der Waals surface area contributed by atoms with E-state index in [-0.39, 0.29) is 11.5 Å². The van der Waals surface area contributed by atoms with Crippen LogP contribution < -0.4 is 5.56 Å². The van der Waals surface area contributed by atoms with E-state index in [1.165, 1.54) is 10.4 Å². The lowest BCUT2D eigenvalue weighted by Crippen LogP contribution is -2.26. The molecule has 0 bridgehead atoms. The topological polar surface area (TPSA) is 66.1 Å². The van der Waals surface area contributed by atoms with Crippen LogP contribution in [0.5, 0.6) is 0 Å². The smallest absolute Gasteiger partial charge is 0.259 e. The van der Waals surface area contributed by atoms with Crippen molar-refractivity contribution in [3.05, 3.63) is 60.9 Å². The highest BCUT2D eigenvalue weighted by Crippen LogP contribution is 2.34. The van der Waals surface area contributed by atoms with Gasteiger partial charge in [0.2, 0.25) is 5.91 Å². The van der Waals surface area contributed by atoms with E-state index in [2.05, 4.69) is 25.9 Å². The second-order valence-electron chi connectivity index (χ2n) is 7.23. The number of hydrogen-bond acceptors (Lipinski definition) is 5. The van der Waals surface area contributed by atoms with E-state index in [1.54, 1.807) is 28.0 Å². The van der Waals surface area contributed by atoms with E-state index in [4.69, 9.17) is 0 Å². The molecule has 0 fully saturated rings. The van der Waals surface area contributed by atoms with Crippen molar-refractivity contribution in [2.75, 3.05) is 12.8 Å². The van der Waals surface area contributed by atoms with Gasteiger partial charge in [-0.25, -0.2) is 4.98 Å². The van der Waals surface area contributed by atoms with Gasteiger partial charge in [0, 0.05) is 35.1 Å². The van der Waals surface area contributed by atoms with E-state index in [0.717, 1.165) is 39.5 Å². The molecule has 0 saturated heterocycles. The molecule has 2 aromatic heterocycles. The number of aromatic amines is 1. The molecular formula is C21H22BrN3O2S2. The van der Waals surface area contributed by atoms with Gasteiger partial charge in [-0.1, -0.05) is 28.1 Å². The van der Waals surface area contributed by atoms with Gasteiger partial charge in [-0.05, 0) is 42.5 Å². The Morgan fingerprint density at radius 3 is 2.90 bits per heavy atom. The number of H-pyrrole nitrogens is 1. The molecule has 8 heteroatoms. The van der Waals surface area contributed by atoms with E-state index in [0.29, 0.717) is 30.3 Å². The van der Waals surface area contributed by atoms with Gasteiger partial charge in [0.1, 0.15) is 10.7 Å². The minimum Gasteiger partial charge on any atom is -0.341 e. The van der Waals surface area contributed by atoms with Crippen molar-refractivity contribution in [3.63, 3.8) is 0 Å². The lowest BCUT2D eigenvalue weighted by Gasteiger charge is -2.17. The van der Waals surface area contributed by atoms with Gasteiger partial charge < -0.3 is 9.88 Å². The van der Waals surface area contributed by atoms with Gasteiger partial charge in [0.25, 0.3) is 5.56 Å². The first-order chi connectivity index (χ1) is 14.0. The molecule has 0 atom stereocenters. The zero-order chi connectivity index (χ0) is 20.4. The van der Waals surface area contributed by atoms with Crippen molar-refractivity contribution in [1.82, 2.24) is 14.9 Å². The number of aryl methyl sites for hydroxylation is 2. The summed E-state index contributed by atoms with van der Waals surface area (Å²) in [5.41, 5.74) is 2.29. The third kappa shape index (κ3) is 4.75. The van der Waals surface area contributed by atoms with Gasteiger partial charge in [-0.15, -0.1) is 11.3 Å². The van der Waals surface area contributed by atoms with Crippen molar-refractivity contribution < 1.29 is 4.79 Å². The van der Waals surface area contributed by atoms with E-state index >= 15 is 0 Å². The second-order valence-corrected chi connectivity index (χ2v) is 10.3. The van der Waals surface area contributed by atoms with Crippen LogP contribution in [-0.4, -0.2) is 33.6 Å². The maximum atomic E-state index is 12.5. The normalized spacial score (nSPS) is 13.0. The Bertz CT molecular complexity index is 1090. The average Bonchev–Trinajstić information content (AvgIpc) is 3.27. The molecule has 1 aliphatic rings. The van der Waals surface area contributed by atoms with Crippen LogP contribution in [0.1, 0.15) is 34.7 Å². The van der Waals surface area contributed by atoms with Crippen molar-refractivity contribution in [1.29, 1.82) is 0 Å². The molecule has 0 aliphatic heterocycles. The van der Waals surface area contributed by atoms with Crippen LogP contribution in [-0.2, 0) is 29.9 Å². The Balaban J connectivity index is 1.28. The fraction of sp³-hybridized carbons (Fsp3) is 0.381. The number of benzene rings is 1. The molecule has 1 aliphatic carbocycles. The van der Waals surface area contributed by atoms with Crippen molar-refractivity contribution in [2.24, 2.45) is 0 Å². The summed E-state index contributed by atoms with van der Waals surface area (Å²) in [6, 6.07) is 8.00. The fourth-order valence-electron chi connectivity index (χ4n) is 3.59. The number of thioether (sulfide) groups is 1. The Morgan fingerprint density at radius 2 is 2.10 bits per heavy atom. The number of carbonyl (C=O) groups is 1. The Morgan fingerprint density at radius 1 is 1.31 bits per heavy atom. The number of hydrogen-bond donors (Lipinski definition) is 1. The van der Waals surface area contributed by atoms with Gasteiger partial charge in [-0.2, -0.15) is 11.8 Å². The largest absolute Gasteiger partial charge is 0.341 e. The third-order valence-electron chi connectivity index (χ3n) is 5.08. The van der Waals surface area contributed by atoms with Crippen molar-refractivity contribution in [3.8, 4) is 0 Å². The number of carbonyl (C=O) groups excluding carboxylic acids is 1. The maximum absolute atomic E-state index is 12.5. The summed E-state index contributed by atoms with van der Waals surface area (Å²) in [5, 5.41) is 0.793. The molecule has 4 rings (SSSR count). The SMILES string of the molecule is CN(Cc1ccc(Br)cc1)C(=O)CCSCc1nc2sc3c(c2c(=O)[nH]1)CCC3. The van der Waals surface area contributed by atoms with E-state index in [1.807, 2.05) is 31.3 Å². The van der Waals surface area contributed by atoms with Gasteiger partial charge in [0.15, 0.2) is 0 Å². The van der Waals surface area contributed by atoms with Crippen LogP contribution in [0.25, 0.3) is 10.2 Å². The maximum Gasteiger partial charge on any atom is 0.259 e. The highest BCUT2D eigenvalue weighted by molar-refractivity contribution is 9.10. The predicted molar refractivity (Wildman–Crippen MR) is 124 cm³/mol. The summed E-state index contributed by atoms with van der Waals surface area (Å²) >= 11 is 6.71. The first-order valence-corrected chi connectivity index (χ1v) is 12.4. The van der Waals surface area contributed by atoms with Crippen LogP contribution in [0.4, 0.5) is 0 Å². The zero-order valence-electron chi connectivity index (χ0n) is 16.2. The molecule has 0 spiro atoms. The Labute approximate surface area is 186 Å². The lowest BCUT2D eigenvalue weighted by molar-refractivity contribution is -0.129. The number of thiophene rings is 1. The lowest BCUT2D eigenvalue weighted by atomic mass is 10.2. The van der Waals surface area contributed by atoms with Crippen LogP contribution >= 0.6 is 39.0 Å². The number of halogens is 1. The highest BCUT2D eigenvalue weighted by Gasteiger charge is 2.21. The molecule has 0 saturated carbocycles. The molecule has 1 N–H and O–H groups in total. The monoisotopic (exact) mass is 491 g/mol.